The van der Waals surface area contributed by atoms with Crippen molar-refractivity contribution in [1.82, 2.24) is 0 Å². The van der Waals surface area contributed by atoms with Gasteiger partial charge in [-0.2, -0.15) is 0 Å². The van der Waals surface area contributed by atoms with Crippen LogP contribution in [-0.2, 0) is 0 Å². The number of hydrogen-bond donors (Lipinski definition) is 1. The molecule has 0 aromatic heterocycles. The third-order valence-electron chi connectivity index (χ3n) is 1.99. The molecule has 0 aromatic carbocycles. The molecule has 0 heterocycles. The molecular weight excluding hydrogens is 136 g/mol. The summed E-state index contributed by atoms with van der Waals surface area (Å²) >= 11 is 0. The largest absolute Gasteiger partial charge is 0.393 e. The lowest BCUT2D eigenvalue weighted by molar-refractivity contribution is 0.112. The van der Waals surface area contributed by atoms with Gasteiger partial charge in [-0.25, -0.2) is 0 Å². The zero-order chi connectivity index (χ0) is 8.69. The lowest BCUT2D eigenvalue weighted by Gasteiger charge is -2.21. The summed E-state index contributed by atoms with van der Waals surface area (Å²) in [6.45, 7) is 6.51. The van der Waals surface area contributed by atoms with Gasteiger partial charge in [0.1, 0.15) is 0 Å². The predicted molar refractivity (Wildman–Crippen MR) is 49.6 cm³/mol. The van der Waals surface area contributed by atoms with Gasteiger partial charge in [-0.3, -0.25) is 0 Å². The maximum absolute atomic E-state index is 9.03. The Morgan fingerprint density at radius 1 is 1.09 bits per heavy atom. The minimum Gasteiger partial charge on any atom is -0.393 e. The van der Waals surface area contributed by atoms with Crippen LogP contribution < -0.4 is 0 Å². The van der Waals surface area contributed by atoms with Crippen LogP contribution in [-0.4, -0.2) is 11.2 Å². The highest BCUT2D eigenvalue weighted by atomic mass is 16.3. The topological polar surface area (TPSA) is 20.2 Å². The molecule has 11 heavy (non-hydrogen) atoms. The lowest BCUT2D eigenvalue weighted by atomic mass is 9.89. The SMILES string of the molecule is CC1CCC(O)CC1.CCC. The fraction of sp³-hybridized carbons (Fsp3) is 1.00. The predicted octanol–water partition coefficient (Wildman–Crippen LogP) is 2.97. The molecule has 0 spiro atoms. The Morgan fingerprint density at radius 2 is 1.45 bits per heavy atom. The molecule has 1 rings (SSSR count). The van der Waals surface area contributed by atoms with Gasteiger partial charge in [0, 0.05) is 0 Å². The molecule has 1 aliphatic rings. The van der Waals surface area contributed by atoms with E-state index in [1.165, 1.54) is 19.3 Å². The van der Waals surface area contributed by atoms with Gasteiger partial charge in [-0.1, -0.05) is 27.2 Å². The quantitative estimate of drug-likeness (QED) is 0.574. The molecule has 1 fully saturated rings. The molecule has 1 N–H and O–H groups in total. The zero-order valence-electron chi connectivity index (χ0n) is 8.14. The first-order valence-corrected chi connectivity index (χ1v) is 4.88. The van der Waals surface area contributed by atoms with Gasteiger partial charge in [0.05, 0.1) is 6.10 Å². The molecule has 1 heteroatoms. The third-order valence-corrected chi connectivity index (χ3v) is 1.99. The summed E-state index contributed by atoms with van der Waals surface area (Å²) in [6, 6.07) is 0. The van der Waals surface area contributed by atoms with E-state index < -0.39 is 0 Å². The summed E-state index contributed by atoms with van der Waals surface area (Å²) in [5.41, 5.74) is 0. The van der Waals surface area contributed by atoms with Crippen molar-refractivity contribution >= 4 is 0 Å². The fourth-order valence-corrected chi connectivity index (χ4v) is 1.24. The van der Waals surface area contributed by atoms with Crippen molar-refractivity contribution in [3.8, 4) is 0 Å². The Bertz CT molecular complexity index is 62.9. The first-order valence-electron chi connectivity index (χ1n) is 4.88. The second-order valence-electron chi connectivity index (χ2n) is 3.62. The maximum atomic E-state index is 9.03. The Labute approximate surface area is 70.8 Å². The molecule has 0 unspecified atom stereocenters. The van der Waals surface area contributed by atoms with E-state index in [2.05, 4.69) is 20.8 Å². The van der Waals surface area contributed by atoms with E-state index in [9.17, 15) is 0 Å². The second-order valence-corrected chi connectivity index (χ2v) is 3.62. The summed E-state index contributed by atoms with van der Waals surface area (Å²) in [7, 11) is 0. The van der Waals surface area contributed by atoms with Crippen LogP contribution in [0.3, 0.4) is 0 Å². The standard InChI is InChI=1S/C7H14O.C3H8/c1-6-2-4-7(8)5-3-6;1-3-2/h6-8H,2-5H2,1H3;3H2,1-2H3. The van der Waals surface area contributed by atoms with Gasteiger partial charge in [-0.05, 0) is 31.6 Å². The van der Waals surface area contributed by atoms with Crippen LogP contribution in [0.25, 0.3) is 0 Å². The van der Waals surface area contributed by atoms with E-state index in [1.807, 2.05) is 0 Å². The molecular formula is C10H22O. The van der Waals surface area contributed by atoms with Crippen molar-refractivity contribution in [2.75, 3.05) is 0 Å². The number of aliphatic hydroxyl groups is 1. The smallest absolute Gasteiger partial charge is 0.0540 e. The van der Waals surface area contributed by atoms with Crippen molar-refractivity contribution in [2.24, 2.45) is 5.92 Å². The van der Waals surface area contributed by atoms with Crippen molar-refractivity contribution in [3.05, 3.63) is 0 Å². The Balaban J connectivity index is 0.000000292. The van der Waals surface area contributed by atoms with E-state index in [-0.39, 0.29) is 6.10 Å². The van der Waals surface area contributed by atoms with Crippen molar-refractivity contribution in [1.29, 1.82) is 0 Å². The highest BCUT2D eigenvalue weighted by Crippen LogP contribution is 2.22. The number of aliphatic hydroxyl groups excluding tert-OH is 1. The lowest BCUT2D eigenvalue weighted by Crippen LogP contribution is -2.15. The van der Waals surface area contributed by atoms with Crippen molar-refractivity contribution in [2.45, 2.75) is 59.0 Å². The van der Waals surface area contributed by atoms with Gasteiger partial charge in [0.15, 0.2) is 0 Å². The van der Waals surface area contributed by atoms with Gasteiger partial charge in [-0.15, -0.1) is 0 Å². The molecule has 0 aliphatic heterocycles. The van der Waals surface area contributed by atoms with E-state index in [0.717, 1.165) is 18.8 Å². The fourth-order valence-electron chi connectivity index (χ4n) is 1.24. The highest BCUT2D eigenvalue weighted by Gasteiger charge is 2.14. The van der Waals surface area contributed by atoms with Crippen LogP contribution in [0.1, 0.15) is 52.9 Å². The minimum atomic E-state index is 0.0196. The first kappa shape index (κ1) is 11.0. The molecule has 1 saturated carbocycles. The van der Waals surface area contributed by atoms with E-state index >= 15 is 0 Å². The Hall–Kier alpha value is -0.0400. The van der Waals surface area contributed by atoms with Gasteiger partial charge in [0.2, 0.25) is 0 Å². The first-order chi connectivity index (χ1) is 5.20. The van der Waals surface area contributed by atoms with Crippen LogP contribution >= 0.6 is 0 Å². The minimum absolute atomic E-state index is 0.0196. The molecule has 0 aromatic rings. The van der Waals surface area contributed by atoms with Crippen LogP contribution in [0.4, 0.5) is 0 Å². The molecule has 0 bridgehead atoms. The summed E-state index contributed by atoms with van der Waals surface area (Å²) in [6.07, 6.45) is 5.77. The Morgan fingerprint density at radius 3 is 1.73 bits per heavy atom. The molecule has 68 valence electrons. The van der Waals surface area contributed by atoms with Crippen LogP contribution in [0, 0.1) is 5.92 Å². The van der Waals surface area contributed by atoms with E-state index in [0.29, 0.717) is 0 Å². The molecule has 0 atom stereocenters. The average molecular weight is 158 g/mol. The third kappa shape index (κ3) is 6.36. The summed E-state index contributed by atoms with van der Waals surface area (Å²) < 4.78 is 0. The van der Waals surface area contributed by atoms with Gasteiger partial charge >= 0.3 is 0 Å². The maximum Gasteiger partial charge on any atom is 0.0540 e. The molecule has 1 aliphatic carbocycles. The van der Waals surface area contributed by atoms with Crippen molar-refractivity contribution in [3.63, 3.8) is 0 Å². The average Bonchev–Trinajstić information content (AvgIpc) is 1.97. The normalized spacial score (nSPS) is 30.5. The van der Waals surface area contributed by atoms with Gasteiger partial charge in [0.25, 0.3) is 0 Å². The van der Waals surface area contributed by atoms with Crippen LogP contribution in [0.15, 0.2) is 0 Å². The summed E-state index contributed by atoms with van der Waals surface area (Å²) in [5.74, 6) is 0.860. The monoisotopic (exact) mass is 158 g/mol. The second kappa shape index (κ2) is 6.66. The molecule has 1 nitrogen and oxygen atoms in total. The summed E-state index contributed by atoms with van der Waals surface area (Å²) in [5, 5.41) is 9.03. The molecule has 0 radical (unpaired) electrons. The number of rotatable bonds is 0. The van der Waals surface area contributed by atoms with Crippen molar-refractivity contribution < 1.29 is 5.11 Å². The summed E-state index contributed by atoms with van der Waals surface area (Å²) in [4.78, 5) is 0. The van der Waals surface area contributed by atoms with Gasteiger partial charge < -0.3 is 5.11 Å². The Kier molecular flexibility index (Phi) is 6.63. The van der Waals surface area contributed by atoms with E-state index in [4.69, 9.17) is 5.11 Å². The van der Waals surface area contributed by atoms with Crippen LogP contribution in [0.2, 0.25) is 0 Å². The molecule has 0 amide bonds. The number of hydrogen-bond acceptors (Lipinski definition) is 1. The van der Waals surface area contributed by atoms with Crippen LogP contribution in [0.5, 0.6) is 0 Å². The highest BCUT2D eigenvalue weighted by molar-refractivity contribution is 4.67. The zero-order valence-corrected chi connectivity index (χ0v) is 8.14. The molecule has 0 saturated heterocycles. The van der Waals surface area contributed by atoms with E-state index in [1.54, 1.807) is 0 Å².